The molecule has 0 aliphatic carbocycles. The Balaban J connectivity index is 2.05. The topological polar surface area (TPSA) is 50.9 Å². The first-order chi connectivity index (χ1) is 8.06. The summed E-state index contributed by atoms with van der Waals surface area (Å²) in [4.78, 5) is 4.28. The van der Waals surface area contributed by atoms with Crippen molar-refractivity contribution in [1.29, 1.82) is 0 Å². The van der Waals surface area contributed by atoms with Gasteiger partial charge in [-0.15, -0.1) is 11.3 Å². The molecule has 1 unspecified atom stereocenters. The Morgan fingerprint density at radius 1 is 1.47 bits per heavy atom. The minimum absolute atomic E-state index is 0.350. The second-order valence-electron chi connectivity index (χ2n) is 4.43. The van der Waals surface area contributed by atoms with Gasteiger partial charge in [0.15, 0.2) is 0 Å². The summed E-state index contributed by atoms with van der Waals surface area (Å²) in [6.07, 6.45) is 1.91. The van der Waals surface area contributed by atoms with Crippen LogP contribution in [0.15, 0.2) is 17.6 Å². The maximum Gasteiger partial charge on any atom is 0.122 e. The van der Waals surface area contributed by atoms with Gasteiger partial charge in [-0.25, -0.2) is 4.98 Å². The van der Waals surface area contributed by atoms with Crippen LogP contribution in [0.5, 0.6) is 0 Å². The maximum atomic E-state index is 10.0. The molecule has 0 aromatic carbocycles. The third-order valence-corrected chi connectivity index (χ3v) is 3.58. The standard InChI is InChI=1S/C12H17N3OS/c1-8(2)15-5-4-10(14-15)6-11(16)12-13-9(3)7-17-12/h4-5,7-8,11,16H,6H2,1-3H3. The SMILES string of the molecule is Cc1csc(C(O)Cc2ccn(C(C)C)n2)n1. The van der Waals surface area contributed by atoms with Gasteiger partial charge in [0.25, 0.3) is 0 Å². The zero-order valence-electron chi connectivity index (χ0n) is 10.3. The van der Waals surface area contributed by atoms with E-state index in [4.69, 9.17) is 0 Å². The van der Waals surface area contributed by atoms with Gasteiger partial charge < -0.3 is 5.11 Å². The summed E-state index contributed by atoms with van der Waals surface area (Å²) in [5, 5.41) is 17.2. The molecule has 1 atom stereocenters. The van der Waals surface area contributed by atoms with Crippen LogP contribution in [-0.2, 0) is 6.42 Å². The molecule has 17 heavy (non-hydrogen) atoms. The van der Waals surface area contributed by atoms with Crippen molar-refractivity contribution >= 4 is 11.3 Å². The first-order valence-corrected chi connectivity index (χ1v) is 6.58. The first kappa shape index (κ1) is 12.3. The van der Waals surface area contributed by atoms with Crippen LogP contribution in [0.25, 0.3) is 0 Å². The number of aliphatic hydroxyl groups excluding tert-OH is 1. The lowest BCUT2D eigenvalue weighted by Gasteiger charge is -2.06. The molecule has 0 aliphatic rings. The van der Waals surface area contributed by atoms with Gasteiger partial charge in [0.1, 0.15) is 11.1 Å². The van der Waals surface area contributed by atoms with Crippen molar-refractivity contribution in [3.05, 3.63) is 34.0 Å². The van der Waals surface area contributed by atoms with E-state index >= 15 is 0 Å². The minimum Gasteiger partial charge on any atom is -0.386 e. The predicted molar refractivity (Wildman–Crippen MR) is 68.1 cm³/mol. The molecule has 0 spiro atoms. The van der Waals surface area contributed by atoms with Gasteiger partial charge in [-0.3, -0.25) is 4.68 Å². The molecule has 0 saturated carbocycles. The minimum atomic E-state index is -0.552. The van der Waals surface area contributed by atoms with E-state index < -0.39 is 6.10 Å². The molecular weight excluding hydrogens is 234 g/mol. The zero-order valence-corrected chi connectivity index (χ0v) is 11.1. The van der Waals surface area contributed by atoms with E-state index in [-0.39, 0.29) is 0 Å². The van der Waals surface area contributed by atoms with Crippen LogP contribution in [-0.4, -0.2) is 19.9 Å². The normalized spacial score (nSPS) is 13.2. The van der Waals surface area contributed by atoms with Crippen molar-refractivity contribution in [3.8, 4) is 0 Å². The molecule has 2 aromatic rings. The molecule has 1 N–H and O–H groups in total. The van der Waals surface area contributed by atoms with Gasteiger partial charge in [-0.1, -0.05) is 0 Å². The highest BCUT2D eigenvalue weighted by atomic mass is 32.1. The van der Waals surface area contributed by atoms with Crippen molar-refractivity contribution in [3.63, 3.8) is 0 Å². The van der Waals surface area contributed by atoms with Crippen LogP contribution < -0.4 is 0 Å². The molecule has 2 heterocycles. The summed E-state index contributed by atoms with van der Waals surface area (Å²) in [7, 11) is 0. The second kappa shape index (κ2) is 4.98. The molecular formula is C12H17N3OS. The van der Waals surface area contributed by atoms with Gasteiger partial charge in [-0.2, -0.15) is 5.10 Å². The molecule has 0 bridgehead atoms. The van der Waals surface area contributed by atoms with Crippen LogP contribution in [0.3, 0.4) is 0 Å². The van der Waals surface area contributed by atoms with E-state index in [0.29, 0.717) is 12.5 Å². The summed E-state index contributed by atoms with van der Waals surface area (Å²) in [5.41, 5.74) is 1.86. The Kier molecular flexibility index (Phi) is 3.59. The summed E-state index contributed by atoms with van der Waals surface area (Å²) < 4.78 is 1.90. The fourth-order valence-corrected chi connectivity index (χ4v) is 2.37. The van der Waals surface area contributed by atoms with E-state index in [0.717, 1.165) is 16.4 Å². The molecule has 92 valence electrons. The fourth-order valence-electron chi connectivity index (χ4n) is 1.58. The molecule has 0 amide bonds. The van der Waals surface area contributed by atoms with E-state index in [1.165, 1.54) is 11.3 Å². The number of aromatic nitrogens is 3. The molecule has 0 radical (unpaired) electrons. The number of rotatable bonds is 4. The lowest BCUT2D eigenvalue weighted by Crippen LogP contribution is -2.05. The third-order valence-electron chi connectivity index (χ3n) is 2.52. The Morgan fingerprint density at radius 2 is 2.24 bits per heavy atom. The molecule has 2 aromatic heterocycles. The highest BCUT2D eigenvalue weighted by molar-refractivity contribution is 7.09. The second-order valence-corrected chi connectivity index (χ2v) is 5.32. The maximum absolute atomic E-state index is 10.0. The molecule has 0 aliphatic heterocycles. The number of aliphatic hydroxyl groups is 1. The number of hydrogen-bond donors (Lipinski definition) is 1. The molecule has 0 fully saturated rings. The predicted octanol–water partition coefficient (Wildman–Crippen LogP) is 2.51. The Bertz CT molecular complexity index is 489. The molecule has 0 saturated heterocycles. The van der Waals surface area contributed by atoms with Crippen LogP contribution in [0.1, 0.15) is 42.4 Å². The van der Waals surface area contributed by atoms with E-state index in [2.05, 4.69) is 23.9 Å². The smallest absolute Gasteiger partial charge is 0.122 e. The van der Waals surface area contributed by atoms with E-state index in [9.17, 15) is 5.11 Å². The van der Waals surface area contributed by atoms with Crippen molar-refractivity contribution in [1.82, 2.24) is 14.8 Å². The number of aryl methyl sites for hydroxylation is 1. The van der Waals surface area contributed by atoms with Crippen molar-refractivity contribution in [2.45, 2.75) is 39.3 Å². The first-order valence-electron chi connectivity index (χ1n) is 5.70. The zero-order chi connectivity index (χ0) is 12.4. The van der Waals surface area contributed by atoms with Gasteiger partial charge in [0.2, 0.25) is 0 Å². The summed E-state index contributed by atoms with van der Waals surface area (Å²) >= 11 is 1.49. The number of nitrogens with zero attached hydrogens (tertiary/aromatic N) is 3. The van der Waals surface area contributed by atoms with Crippen LogP contribution in [0, 0.1) is 6.92 Å². The van der Waals surface area contributed by atoms with Gasteiger partial charge in [-0.05, 0) is 26.8 Å². The van der Waals surface area contributed by atoms with Gasteiger partial charge in [0.05, 0.1) is 5.69 Å². The van der Waals surface area contributed by atoms with Gasteiger partial charge in [0, 0.05) is 29.7 Å². The average Bonchev–Trinajstić information content (AvgIpc) is 2.86. The van der Waals surface area contributed by atoms with Crippen molar-refractivity contribution in [2.75, 3.05) is 0 Å². The molecule has 4 nitrogen and oxygen atoms in total. The van der Waals surface area contributed by atoms with Gasteiger partial charge >= 0.3 is 0 Å². The Hall–Kier alpha value is -1.20. The highest BCUT2D eigenvalue weighted by Crippen LogP contribution is 2.21. The molecule has 2 rings (SSSR count). The average molecular weight is 251 g/mol. The molecule has 5 heteroatoms. The van der Waals surface area contributed by atoms with Crippen molar-refractivity contribution in [2.24, 2.45) is 0 Å². The highest BCUT2D eigenvalue weighted by Gasteiger charge is 2.14. The summed E-state index contributed by atoms with van der Waals surface area (Å²) in [5.74, 6) is 0. The summed E-state index contributed by atoms with van der Waals surface area (Å²) in [6, 6.07) is 2.30. The Morgan fingerprint density at radius 3 is 2.76 bits per heavy atom. The van der Waals surface area contributed by atoms with Crippen molar-refractivity contribution < 1.29 is 5.11 Å². The summed E-state index contributed by atoms with van der Waals surface area (Å²) in [6.45, 7) is 6.09. The van der Waals surface area contributed by atoms with Crippen LogP contribution in [0.2, 0.25) is 0 Å². The van der Waals surface area contributed by atoms with Crippen LogP contribution in [0.4, 0.5) is 0 Å². The van der Waals surface area contributed by atoms with E-state index in [1.807, 2.05) is 29.2 Å². The van der Waals surface area contributed by atoms with Crippen LogP contribution >= 0.6 is 11.3 Å². The third kappa shape index (κ3) is 2.92. The Labute approximate surface area is 105 Å². The monoisotopic (exact) mass is 251 g/mol. The van der Waals surface area contributed by atoms with E-state index in [1.54, 1.807) is 0 Å². The lowest BCUT2D eigenvalue weighted by molar-refractivity contribution is 0.176. The largest absolute Gasteiger partial charge is 0.386 e. The number of hydrogen-bond acceptors (Lipinski definition) is 4. The number of thiazole rings is 1. The lowest BCUT2D eigenvalue weighted by atomic mass is 10.2. The fraction of sp³-hybridized carbons (Fsp3) is 0.500. The quantitative estimate of drug-likeness (QED) is 0.908.